The van der Waals surface area contributed by atoms with E-state index in [1.54, 1.807) is 56.3 Å². The molecule has 0 saturated carbocycles. The maximum atomic E-state index is 13.5. The molecule has 2 rings (SSSR count). The van der Waals surface area contributed by atoms with E-state index in [1.807, 2.05) is 5.32 Å². The van der Waals surface area contributed by atoms with Crippen LogP contribution in [0.1, 0.15) is 31.9 Å². The highest BCUT2D eigenvalue weighted by Crippen LogP contribution is 2.11. The number of aliphatic hydroxyl groups is 2. The minimum atomic E-state index is -1.69. The lowest BCUT2D eigenvalue weighted by Crippen LogP contribution is -2.61. The van der Waals surface area contributed by atoms with Gasteiger partial charge in [-0.1, -0.05) is 56.3 Å². The number of carboxylic acids is 1. The number of rotatable bonds is 18. The Balaban J connectivity index is 2.13. The zero-order valence-electron chi connectivity index (χ0n) is 26.9. The summed E-state index contributed by atoms with van der Waals surface area (Å²) in [6, 6.07) is 7.87. The number of benzene rings is 2. The predicted octanol–water partition coefficient (Wildman–Crippen LogP) is -2.33. The first kappa shape index (κ1) is 39.1. The van der Waals surface area contributed by atoms with Crippen molar-refractivity contribution in [2.45, 2.75) is 69.9 Å². The molecule has 0 spiro atoms. The molecule has 2 aromatic rings. The number of hydrogen-bond acceptors (Lipinski definition) is 10. The SMILES string of the molecule is CC(C)[C@H](NC(=O)CNC(=O)[C@@H](N)Cc1ccc(O)cc1)C(=O)N[C@@H](Cc1ccccc1)C(=O)N[C@H](C(=O)N[C@@H](CO)C(=O)O)[C@@H](C)O. The molecule has 2 aromatic carbocycles. The summed E-state index contributed by atoms with van der Waals surface area (Å²) >= 11 is 0. The molecule has 0 aliphatic rings. The van der Waals surface area contributed by atoms with E-state index >= 15 is 0 Å². The summed E-state index contributed by atoms with van der Waals surface area (Å²) in [4.78, 5) is 76.1. The van der Waals surface area contributed by atoms with E-state index in [0.717, 1.165) is 0 Å². The Bertz CT molecular complexity index is 1400. The van der Waals surface area contributed by atoms with Gasteiger partial charge in [-0.3, -0.25) is 24.0 Å². The van der Waals surface area contributed by atoms with Gasteiger partial charge in [0.25, 0.3) is 0 Å². The van der Waals surface area contributed by atoms with E-state index < -0.39 is 90.9 Å². The fraction of sp³-hybridized carbons (Fsp3) is 0.438. The van der Waals surface area contributed by atoms with Gasteiger partial charge >= 0.3 is 5.97 Å². The van der Waals surface area contributed by atoms with Gasteiger partial charge in [-0.15, -0.1) is 0 Å². The minimum Gasteiger partial charge on any atom is -0.508 e. The second kappa shape index (κ2) is 18.9. The number of aromatic hydroxyl groups is 1. The van der Waals surface area contributed by atoms with E-state index in [2.05, 4.69) is 21.3 Å². The maximum Gasteiger partial charge on any atom is 0.328 e. The van der Waals surface area contributed by atoms with Crippen molar-refractivity contribution in [2.24, 2.45) is 11.7 Å². The minimum absolute atomic E-state index is 0.0606. The summed E-state index contributed by atoms with van der Waals surface area (Å²) in [6.45, 7) is 3.05. The highest BCUT2D eigenvalue weighted by atomic mass is 16.4. The van der Waals surface area contributed by atoms with Crippen molar-refractivity contribution in [2.75, 3.05) is 13.2 Å². The Morgan fingerprint density at radius 2 is 1.27 bits per heavy atom. The van der Waals surface area contributed by atoms with Gasteiger partial charge in [0.05, 0.1) is 25.3 Å². The molecule has 11 N–H and O–H groups in total. The monoisotopic (exact) mass is 672 g/mol. The number of nitrogens with two attached hydrogens (primary N) is 1. The normalized spacial score (nSPS) is 14.7. The van der Waals surface area contributed by atoms with Crippen LogP contribution in [0.5, 0.6) is 5.75 Å². The molecule has 16 heteroatoms. The van der Waals surface area contributed by atoms with E-state index in [1.165, 1.54) is 19.1 Å². The Kier molecular flexibility index (Phi) is 15.4. The topological polar surface area (TPSA) is 270 Å². The summed E-state index contributed by atoms with van der Waals surface area (Å²) in [5.74, 6) is -6.01. The largest absolute Gasteiger partial charge is 0.508 e. The molecular weight excluding hydrogens is 628 g/mol. The van der Waals surface area contributed by atoms with Gasteiger partial charge in [-0.25, -0.2) is 4.79 Å². The molecule has 0 aliphatic heterocycles. The Labute approximate surface area is 277 Å². The average Bonchev–Trinajstić information content (AvgIpc) is 3.04. The van der Waals surface area contributed by atoms with E-state index in [-0.39, 0.29) is 18.6 Å². The van der Waals surface area contributed by atoms with Crippen LogP contribution in [-0.4, -0.2) is 105 Å². The van der Waals surface area contributed by atoms with Crippen molar-refractivity contribution in [3.8, 4) is 5.75 Å². The summed E-state index contributed by atoms with van der Waals surface area (Å²) < 4.78 is 0. The summed E-state index contributed by atoms with van der Waals surface area (Å²) in [6.07, 6.45) is -1.41. The fourth-order valence-corrected chi connectivity index (χ4v) is 4.46. The quantitative estimate of drug-likeness (QED) is 0.0803. The lowest BCUT2D eigenvalue weighted by Gasteiger charge is -2.28. The lowest BCUT2D eigenvalue weighted by molar-refractivity contribution is -0.144. The van der Waals surface area contributed by atoms with Crippen molar-refractivity contribution in [1.29, 1.82) is 0 Å². The number of aliphatic carboxylic acids is 1. The van der Waals surface area contributed by atoms with Gasteiger partial charge in [0.15, 0.2) is 0 Å². The molecular formula is C32H44N6O10. The molecule has 0 radical (unpaired) electrons. The highest BCUT2D eigenvalue weighted by molar-refractivity contribution is 5.96. The lowest BCUT2D eigenvalue weighted by atomic mass is 10.0. The number of carbonyl (C=O) groups excluding carboxylic acids is 5. The van der Waals surface area contributed by atoms with E-state index in [0.29, 0.717) is 11.1 Å². The van der Waals surface area contributed by atoms with Crippen LogP contribution in [0.15, 0.2) is 54.6 Å². The van der Waals surface area contributed by atoms with Crippen LogP contribution < -0.4 is 32.3 Å². The summed E-state index contributed by atoms with van der Waals surface area (Å²) in [5, 5.41) is 49.9. The predicted molar refractivity (Wildman–Crippen MR) is 172 cm³/mol. The molecule has 0 aromatic heterocycles. The first-order valence-corrected chi connectivity index (χ1v) is 15.2. The first-order valence-electron chi connectivity index (χ1n) is 15.2. The third-order valence-electron chi connectivity index (χ3n) is 7.19. The molecule has 48 heavy (non-hydrogen) atoms. The summed E-state index contributed by atoms with van der Waals surface area (Å²) in [7, 11) is 0. The van der Waals surface area contributed by atoms with Crippen LogP contribution in [0.2, 0.25) is 0 Å². The number of hydrogen-bond donors (Lipinski definition) is 10. The Morgan fingerprint density at radius 1 is 0.708 bits per heavy atom. The zero-order chi connectivity index (χ0) is 36.0. The molecule has 0 fully saturated rings. The van der Waals surface area contributed by atoms with Crippen molar-refractivity contribution >= 4 is 35.5 Å². The van der Waals surface area contributed by atoms with E-state index in [4.69, 9.17) is 10.8 Å². The van der Waals surface area contributed by atoms with Crippen LogP contribution in [0.3, 0.4) is 0 Å². The second-order valence-electron chi connectivity index (χ2n) is 11.5. The molecule has 16 nitrogen and oxygen atoms in total. The fourth-order valence-electron chi connectivity index (χ4n) is 4.46. The van der Waals surface area contributed by atoms with Gasteiger partial charge in [0, 0.05) is 6.42 Å². The van der Waals surface area contributed by atoms with Crippen LogP contribution in [0.4, 0.5) is 0 Å². The van der Waals surface area contributed by atoms with Crippen LogP contribution in [0.25, 0.3) is 0 Å². The smallest absolute Gasteiger partial charge is 0.328 e. The van der Waals surface area contributed by atoms with Crippen LogP contribution in [0, 0.1) is 5.92 Å². The van der Waals surface area contributed by atoms with Gasteiger partial charge in [-0.2, -0.15) is 0 Å². The van der Waals surface area contributed by atoms with Gasteiger partial charge < -0.3 is 52.7 Å². The highest BCUT2D eigenvalue weighted by Gasteiger charge is 2.34. The number of nitrogens with one attached hydrogen (secondary N) is 5. The van der Waals surface area contributed by atoms with Crippen LogP contribution in [-0.2, 0) is 41.6 Å². The molecule has 6 atom stereocenters. The van der Waals surface area contributed by atoms with Crippen molar-refractivity contribution in [3.05, 3.63) is 65.7 Å². The summed E-state index contributed by atoms with van der Waals surface area (Å²) in [5.41, 5.74) is 7.27. The van der Waals surface area contributed by atoms with Gasteiger partial charge in [-0.05, 0) is 42.5 Å². The first-order chi connectivity index (χ1) is 22.6. The van der Waals surface area contributed by atoms with Gasteiger partial charge in [0.1, 0.15) is 29.9 Å². The Hall–Kier alpha value is -5.06. The van der Waals surface area contributed by atoms with Crippen LogP contribution >= 0.6 is 0 Å². The number of phenolic OH excluding ortho intramolecular Hbond substituents is 1. The zero-order valence-corrected chi connectivity index (χ0v) is 26.9. The average molecular weight is 673 g/mol. The maximum absolute atomic E-state index is 13.5. The number of carboxylic acid groups (broad SMARTS) is 1. The second-order valence-corrected chi connectivity index (χ2v) is 11.5. The standard InChI is InChI=1S/C32H44N6O10/c1-17(2)26(37-25(42)15-34-28(43)22(33)13-20-9-11-21(41)12-10-20)30(45)35-23(14-19-7-5-4-6-8-19)29(44)38-27(18(3)40)31(46)36-24(16-39)32(47)48/h4-12,17-18,22-24,26-27,39-41H,13-16,33H2,1-3H3,(H,34,43)(H,35,45)(H,36,46)(H,37,42)(H,38,44)(H,47,48)/t18-,22+,23+,24+,26+,27+/m1/s1. The Morgan fingerprint density at radius 3 is 1.81 bits per heavy atom. The van der Waals surface area contributed by atoms with E-state index in [9.17, 15) is 44.1 Å². The number of amides is 5. The third kappa shape index (κ3) is 12.6. The third-order valence-corrected chi connectivity index (χ3v) is 7.19. The molecule has 262 valence electrons. The molecule has 0 heterocycles. The molecule has 5 amide bonds. The number of carbonyl (C=O) groups is 6. The molecule has 0 aliphatic carbocycles. The number of phenols is 1. The van der Waals surface area contributed by atoms with Crippen molar-refractivity contribution < 1.29 is 49.2 Å². The molecule has 0 saturated heterocycles. The number of aliphatic hydroxyl groups excluding tert-OH is 2. The van der Waals surface area contributed by atoms with Crippen molar-refractivity contribution in [1.82, 2.24) is 26.6 Å². The molecule has 0 bridgehead atoms. The van der Waals surface area contributed by atoms with Crippen molar-refractivity contribution in [3.63, 3.8) is 0 Å². The molecule has 0 unspecified atom stereocenters. The van der Waals surface area contributed by atoms with Gasteiger partial charge in [0.2, 0.25) is 29.5 Å².